The van der Waals surface area contributed by atoms with Crippen molar-refractivity contribution in [3.8, 4) is 22.6 Å². The fourth-order valence-electron chi connectivity index (χ4n) is 5.32. The SMILES string of the molecule is C[C@]1(O)CCC(C2(c3ccc(O)c(O)c3)c3ccccc3-c3ccccc32)C=C1O. The first-order valence-corrected chi connectivity index (χ1v) is 10.2. The van der Waals surface area contributed by atoms with E-state index in [0.29, 0.717) is 12.8 Å². The van der Waals surface area contributed by atoms with Crippen molar-refractivity contribution in [1.29, 1.82) is 0 Å². The molecule has 152 valence electrons. The van der Waals surface area contributed by atoms with Crippen molar-refractivity contribution in [2.24, 2.45) is 5.92 Å². The van der Waals surface area contributed by atoms with Gasteiger partial charge in [0.2, 0.25) is 0 Å². The van der Waals surface area contributed by atoms with Crippen molar-refractivity contribution in [3.63, 3.8) is 0 Å². The third kappa shape index (κ3) is 2.44. The zero-order valence-electron chi connectivity index (χ0n) is 16.7. The van der Waals surface area contributed by atoms with Crippen LogP contribution in [0.3, 0.4) is 0 Å². The Hall–Kier alpha value is -3.24. The monoisotopic (exact) mass is 400 g/mol. The quantitative estimate of drug-likeness (QED) is 0.456. The maximum absolute atomic E-state index is 10.6. The van der Waals surface area contributed by atoms with Crippen molar-refractivity contribution in [2.75, 3.05) is 0 Å². The Bertz CT molecular complexity index is 1130. The van der Waals surface area contributed by atoms with E-state index in [0.717, 1.165) is 27.8 Å². The van der Waals surface area contributed by atoms with Gasteiger partial charge in [-0.05, 0) is 71.7 Å². The molecule has 2 atom stereocenters. The van der Waals surface area contributed by atoms with E-state index in [1.807, 2.05) is 30.3 Å². The van der Waals surface area contributed by atoms with Gasteiger partial charge in [-0.1, -0.05) is 54.6 Å². The van der Waals surface area contributed by atoms with Gasteiger partial charge >= 0.3 is 0 Å². The maximum atomic E-state index is 10.6. The summed E-state index contributed by atoms with van der Waals surface area (Å²) < 4.78 is 0. The minimum Gasteiger partial charge on any atom is -0.510 e. The molecule has 2 aliphatic rings. The second kappa shape index (κ2) is 6.38. The molecule has 0 heterocycles. The molecule has 2 aliphatic carbocycles. The number of aliphatic hydroxyl groups excluding tert-OH is 1. The van der Waals surface area contributed by atoms with E-state index in [1.165, 1.54) is 6.07 Å². The Morgan fingerprint density at radius 2 is 1.40 bits per heavy atom. The number of rotatable bonds is 2. The first-order valence-electron chi connectivity index (χ1n) is 10.2. The van der Waals surface area contributed by atoms with Crippen molar-refractivity contribution < 1.29 is 20.4 Å². The highest BCUT2D eigenvalue weighted by Crippen LogP contribution is 2.59. The van der Waals surface area contributed by atoms with Gasteiger partial charge in [0.1, 0.15) is 11.4 Å². The van der Waals surface area contributed by atoms with Gasteiger partial charge in [0.15, 0.2) is 11.5 Å². The van der Waals surface area contributed by atoms with Crippen LogP contribution in [0.25, 0.3) is 11.1 Å². The first kappa shape index (κ1) is 18.8. The lowest BCUT2D eigenvalue weighted by Crippen LogP contribution is -2.41. The average molecular weight is 400 g/mol. The predicted molar refractivity (Wildman–Crippen MR) is 116 cm³/mol. The summed E-state index contributed by atoms with van der Waals surface area (Å²) in [5, 5.41) is 41.5. The molecule has 0 saturated heterocycles. The molecule has 3 aromatic rings. The molecule has 5 rings (SSSR count). The Morgan fingerprint density at radius 3 is 1.97 bits per heavy atom. The van der Waals surface area contributed by atoms with Gasteiger partial charge in [0, 0.05) is 0 Å². The van der Waals surface area contributed by atoms with Gasteiger partial charge in [0.05, 0.1) is 5.41 Å². The smallest absolute Gasteiger partial charge is 0.157 e. The minimum absolute atomic E-state index is 0.0250. The van der Waals surface area contributed by atoms with Gasteiger partial charge in [0.25, 0.3) is 0 Å². The molecule has 30 heavy (non-hydrogen) atoms. The lowest BCUT2D eigenvalue weighted by molar-refractivity contribution is 0.0271. The molecule has 4 nitrogen and oxygen atoms in total. The van der Waals surface area contributed by atoms with Crippen LogP contribution >= 0.6 is 0 Å². The third-order valence-corrected chi connectivity index (χ3v) is 6.83. The molecule has 0 saturated carbocycles. The highest BCUT2D eigenvalue weighted by Gasteiger charge is 2.51. The summed E-state index contributed by atoms with van der Waals surface area (Å²) in [6.07, 6.45) is 2.85. The van der Waals surface area contributed by atoms with E-state index in [-0.39, 0.29) is 23.2 Å². The molecule has 0 spiro atoms. The van der Waals surface area contributed by atoms with Gasteiger partial charge in [-0.3, -0.25) is 0 Å². The van der Waals surface area contributed by atoms with Crippen molar-refractivity contribution in [1.82, 2.24) is 0 Å². The van der Waals surface area contributed by atoms with Crippen LogP contribution in [0.4, 0.5) is 0 Å². The molecule has 3 aromatic carbocycles. The number of benzene rings is 3. The molecule has 0 radical (unpaired) electrons. The summed E-state index contributed by atoms with van der Waals surface area (Å²) in [5.41, 5.74) is 3.34. The van der Waals surface area contributed by atoms with Crippen LogP contribution in [-0.2, 0) is 5.41 Å². The number of aliphatic hydroxyl groups is 2. The Morgan fingerprint density at radius 1 is 0.800 bits per heavy atom. The zero-order chi connectivity index (χ0) is 21.1. The van der Waals surface area contributed by atoms with E-state index >= 15 is 0 Å². The first-order chi connectivity index (χ1) is 14.4. The summed E-state index contributed by atoms with van der Waals surface area (Å²) in [6.45, 7) is 1.63. The van der Waals surface area contributed by atoms with Crippen LogP contribution < -0.4 is 0 Å². The number of allylic oxidation sites excluding steroid dienone is 1. The normalized spacial score (nSPS) is 24.1. The molecule has 0 bridgehead atoms. The summed E-state index contributed by atoms with van der Waals surface area (Å²) in [7, 11) is 0. The fourth-order valence-corrected chi connectivity index (χ4v) is 5.32. The highest BCUT2D eigenvalue weighted by atomic mass is 16.3. The van der Waals surface area contributed by atoms with E-state index < -0.39 is 11.0 Å². The van der Waals surface area contributed by atoms with Gasteiger partial charge in [-0.2, -0.15) is 0 Å². The third-order valence-electron chi connectivity index (χ3n) is 6.83. The van der Waals surface area contributed by atoms with Crippen LogP contribution in [0.5, 0.6) is 11.5 Å². The maximum Gasteiger partial charge on any atom is 0.157 e. The fraction of sp³-hybridized carbons (Fsp3) is 0.231. The minimum atomic E-state index is -1.24. The molecule has 0 fully saturated rings. The molecular formula is C26H24O4. The summed E-state index contributed by atoms with van der Waals surface area (Å²) in [4.78, 5) is 0. The van der Waals surface area contributed by atoms with Crippen LogP contribution in [0.2, 0.25) is 0 Å². The second-order valence-electron chi connectivity index (χ2n) is 8.57. The number of aromatic hydroxyl groups is 2. The molecule has 0 aromatic heterocycles. The van der Waals surface area contributed by atoms with E-state index in [1.54, 1.807) is 19.1 Å². The second-order valence-corrected chi connectivity index (χ2v) is 8.57. The zero-order valence-corrected chi connectivity index (χ0v) is 16.7. The summed E-state index contributed by atoms with van der Waals surface area (Å²) in [5.74, 6) is -0.516. The molecular weight excluding hydrogens is 376 g/mol. The molecule has 1 unspecified atom stereocenters. The Balaban J connectivity index is 1.88. The molecule has 4 heteroatoms. The average Bonchev–Trinajstić information content (AvgIpc) is 3.04. The van der Waals surface area contributed by atoms with Crippen molar-refractivity contribution >= 4 is 0 Å². The summed E-state index contributed by atoms with van der Waals surface area (Å²) >= 11 is 0. The Labute approximate surface area is 175 Å². The van der Waals surface area contributed by atoms with Crippen molar-refractivity contribution in [3.05, 3.63) is 95.3 Å². The van der Waals surface area contributed by atoms with E-state index in [2.05, 4.69) is 24.3 Å². The largest absolute Gasteiger partial charge is 0.510 e. The van der Waals surface area contributed by atoms with Gasteiger partial charge in [-0.25, -0.2) is 0 Å². The number of fused-ring (bicyclic) bond motifs is 3. The predicted octanol–water partition coefficient (Wildman–Crippen LogP) is 5.02. The number of phenols is 2. The van der Waals surface area contributed by atoms with Crippen LogP contribution in [0.15, 0.2) is 78.6 Å². The van der Waals surface area contributed by atoms with Crippen LogP contribution in [0, 0.1) is 5.92 Å². The number of hydrogen-bond acceptors (Lipinski definition) is 4. The highest BCUT2D eigenvalue weighted by molar-refractivity contribution is 5.84. The molecule has 4 N–H and O–H groups in total. The van der Waals surface area contributed by atoms with Gasteiger partial charge < -0.3 is 20.4 Å². The lowest BCUT2D eigenvalue weighted by atomic mass is 9.60. The van der Waals surface area contributed by atoms with Crippen molar-refractivity contribution in [2.45, 2.75) is 30.8 Å². The summed E-state index contributed by atoms with van der Waals surface area (Å²) in [6, 6.07) is 21.4. The van der Waals surface area contributed by atoms with E-state index in [4.69, 9.17) is 0 Å². The standard InChI is InChI=1S/C26H24O4/c1-25(30)13-12-17(15-24(25)29)26(16-10-11-22(27)23(28)14-16)20-8-4-2-6-18(20)19-7-3-5-9-21(19)26/h2-11,14-15,17,27-30H,12-13H2,1H3/t17?,25-/m0/s1. The van der Waals surface area contributed by atoms with Crippen LogP contribution in [-0.4, -0.2) is 26.0 Å². The van der Waals surface area contributed by atoms with E-state index in [9.17, 15) is 20.4 Å². The molecule has 0 amide bonds. The number of phenolic OH excluding ortho intramolecular Hbond substituents is 2. The molecule has 0 aliphatic heterocycles. The Kier molecular flexibility index (Phi) is 3.99. The topological polar surface area (TPSA) is 80.9 Å². The number of hydrogen-bond donors (Lipinski definition) is 4. The lowest BCUT2D eigenvalue weighted by Gasteiger charge is -2.43. The van der Waals surface area contributed by atoms with Gasteiger partial charge in [-0.15, -0.1) is 0 Å². The van der Waals surface area contributed by atoms with Crippen LogP contribution in [0.1, 0.15) is 36.5 Å².